The second kappa shape index (κ2) is 7.15. The van der Waals surface area contributed by atoms with Gasteiger partial charge in [-0.3, -0.25) is 29.3 Å². The lowest BCUT2D eigenvalue weighted by atomic mass is 9.32. The lowest BCUT2D eigenvalue weighted by molar-refractivity contribution is -0.237. The quantitative estimate of drug-likeness (QED) is 0.605. The number of nitrogens with zero attached hydrogens (tertiary/aromatic N) is 4. The maximum atomic E-state index is 13.4. The van der Waals surface area contributed by atoms with E-state index >= 15 is 0 Å². The molecule has 4 aliphatic carbocycles. The Hall–Kier alpha value is -3.43. The summed E-state index contributed by atoms with van der Waals surface area (Å²) in [5.74, 6) is 1.86. The minimum Gasteiger partial charge on any atom is -0.347 e. The van der Waals surface area contributed by atoms with Gasteiger partial charge in [0.25, 0.3) is 5.91 Å². The second-order valence-corrected chi connectivity index (χ2v) is 12.7. The molecule has 6 fully saturated rings. The topological polar surface area (TPSA) is 119 Å². The molecular weight excluding hydrogens is 484 g/mol. The summed E-state index contributed by atoms with van der Waals surface area (Å²) >= 11 is 0. The summed E-state index contributed by atoms with van der Waals surface area (Å²) in [5, 5.41) is 10.8. The van der Waals surface area contributed by atoms with Gasteiger partial charge in [0.1, 0.15) is 5.54 Å². The van der Waals surface area contributed by atoms with Crippen molar-refractivity contribution in [2.45, 2.75) is 50.5 Å². The lowest BCUT2D eigenvalue weighted by Crippen LogP contribution is -2.71. The van der Waals surface area contributed by atoms with E-state index in [2.05, 4.69) is 15.5 Å². The number of imide groups is 1. The summed E-state index contributed by atoms with van der Waals surface area (Å²) < 4.78 is 0. The summed E-state index contributed by atoms with van der Waals surface area (Å²) in [4.78, 5) is 57.6. The monoisotopic (exact) mass is 516 g/mol. The number of hydrogen-bond acceptors (Lipinski definition) is 5. The van der Waals surface area contributed by atoms with Crippen molar-refractivity contribution in [3.8, 4) is 0 Å². The summed E-state index contributed by atoms with van der Waals surface area (Å²) in [6.07, 6.45) is 8.19. The Balaban J connectivity index is 0.959. The van der Waals surface area contributed by atoms with Crippen LogP contribution in [0.25, 0.3) is 10.9 Å². The molecular formula is C28H32N6O4. The lowest BCUT2D eigenvalue weighted by Gasteiger charge is -2.71. The molecule has 0 radical (unpaired) electrons. The smallest absolute Gasteiger partial charge is 0.331 e. The molecule has 198 valence electrons. The fraction of sp³-hybridized carbons (Fsp3) is 0.607. The maximum Gasteiger partial charge on any atom is 0.331 e. The van der Waals surface area contributed by atoms with Crippen LogP contribution in [0.5, 0.6) is 0 Å². The van der Waals surface area contributed by atoms with Crippen LogP contribution in [0.1, 0.15) is 44.9 Å². The third kappa shape index (κ3) is 2.47. The van der Waals surface area contributed by atoms with Crippen LogP contribution in [0, 0.1) is 28.6 Å². The molecule has 10 heteroatoms. The van der Waals surface area contributed by atoms with Crippen LogP contribution in [-0.2, 0) is 14.4 Å². The summed E-state index contributed by atoms with van der Waals surface area (Å²) in [7, 11) is 1.52. The maximum absolute atomic E-state index is 13.4. The Morgan fingerprint density at radius 2 is 1.92 bits per heavy atom. The second-order valence-electron chi connectivity index (χ2n) is 12.7. The zero-order valence-electron chi connectivity index (χ0n) is 21.5. The van der Waals surface area contributed by atoms with Gasteiger partial charge in [-0.05, 0) is 86.3 Å². The molecule has 10 nitrogen and oxygen atoms in total. The molecule has 2 bridgehead atoms. The number of piperidine rings is 1. The molecule has 2 aromatic rings. The molecule has 5 unspecified atom stereocenters. The van der Waals surface area contributed by atoms with Crippen molar-refractivity contribution in [1.29, 1.82) is 0 Å². The van der Waals surface area contributed by atoms with Crippen LogP contribution in [0.4, 0.5) is 10.5 Å². The molecule has 4 saturated carbocycles. The van der Waals surface area contributed by atoms with Crippen LogP contribution < -0.4 is 10.2 Å². The van der Waals surface area contributed by atoms with Crippen LogP contribution in [0.2, 0.25) is 0 Å². The predicted octanol–water partition coefficient (Wildman–Crippen LogP) is 2.26. The number of urea groups is 1. The van der Waals surface area contributed by atoms with Crippen LogP contribution in [0.3, 0.4) is 0 Å². The zero-order chi connectivity index (χ0) is 26.0. The van der Waals surface area contributed by atoms with Crippen LogP contribution in [-0.4, -0.2) is 76.0 Å². The first-order valence-corrected chi connectivity index (χ1v) is 13.9. The van der Waals surface area contributed by atoms with Crippen molar-refractivity contribution in [2.24, 2.45) is 28.6 Å². The number of fused-ring (bicyclic) bond motifs is 2. The highest BCUT2D eigenvalue weighted by Crippen LogP contribution is 2.86. The first-order valence-electron chi connectivity index (χ1n) is 13.9. The number of hydrogen-bond donors (Lipinski definition) is 2. The highest BCUT2D eigenvalue weighted by Gasteiger charge is 2.82. The van der Waals surface area contributed by atoms with Gasteiger partial charge in [0.15, 0.2) is 0 Å². The average Bonchev–Trinajstić information content (AvgIpc) is 3.63. The fourth-order valence-electron chi connectivity index (χ4n) is 9.84. The molecule has 3 heterocycles. The van der Waals surface area contributed by atoms with Gasteiger partial charge in [0.2, 0.25) is 11.8 Å². The number of anilines is 1. The van der Waals surface area contributed by atoms with Crippen LogP contribution >= 0.6 is 0 Å². The van der Waals surface area contributed by atoms with E-state index in [1.807, 2.05) is 18.2 Å². The van der Waals surface area contributed by atoms with Gasteiger partial charge in [-0.25, -0.2) is 4.79 Å². The number of likely N-dealkylation sites (N-methyl/N-ethyl adjacent to an activating group) is 1. The van der Waals surface area contributed by atoms with E-state index in [-0.39, 0.29) is 41.1 Å². The van der Waals surface area contributed by atoms with Gasteiger partial charge < -0.3 is 10.2 Å². The summed E-state index contributed by atoms with van der Waals surface area (Å²) in [6, 6.07) is 5.19. The minimum atomic E-state index is -1.02. The molecule has 8 rings (SSSR count). The van der Waals surface area contributed by atoms with Gasteiger partial charge in [-0.1, -0.05) is 0 Å². The Bertz CT molecular complexity index is 1430. The first kappa shape index (κ1) is 22.5. The first-order chi connectivity index (χ1) is 18.3. The fourth-order valence-corrected chi connectivity index (χ4v) is 9.84. The van der Waals surface area contributed by atoms with Gasteiger partial charge >= 0.3 is 6.03 Å². The highest BCUT2D eigenvalue weighted by atomic mass is 16.2. The number of H-pyrrole nitrogens is 1. The molecule has 1 aromatic heterocycles. The summed E-state index contributed by atoms with van der Waals surface area (Å²) in [6.45, 7) is 0.706. The van der Waals surface area contributed by atoms with E-state index in [1.54, 1.807) is 16.0 Å². The molecule has 2 spiro atoms. The van der Waals surface area contributed by atoms with E-state index in [1.165, 1.54) is 31.2 Å². The number of carbonyl (C=O) groups excluding carboxylic acids is 4. The van der Waals surface area contributed by atoms with E-state index in [0.29, 0.717) is 37.5 Å². The number of aromatic amines is 1. The number of rotatable bonds is 4. The SMILES string of the molecule is CN1C(=O)N(c2ccc3[nH]ncc3c2)C2(CCN(C(=O)CNC(=O)C34CC5CC6CC(C3)C64C5)CC2)C1=O. The Labute approximate surface area is 220 Å². The predicted molar refractivity (Wildman–Crippen MR) is 137 cm³/mol. The number of nitrogens with one attached hydrogen (secondary N) is 2. The Kier molecular flexibility index (Phi) is 4.24. The molecule has 38 heavy (non-hydrogen) atoms. The average molecular weight is 517 g/mol. The van der Waals surface area contributed by atoms with Gasteiger partial charge in [-0.2, -0.15) is 5.10 Å². The number of amides is 5. The number of aromatic nitrogens is 2. The number of benzene rings is 1. The number of likely N-dealkylation sites (tertiary alicyclic amines) is 1. The normalized spacial score (nSPS) is 36.0. The van der Waals surface area contributed by atoms with E-state index in [0.717, 1.165) is 35.6 Å². The highest BCUT2D eigenvalue weighted by molar-refractivity contribution is 6.17. The summed E-state index contributed by atoms with van der Waals surface area (Å²) in [5.41, 5.74) is 0.489. The Morgan fingerprint density at radius 3 is 2.68 bits per heavy atom. The number of carbonyl (C=O) groups is 4. The largest absolute Gasteiger partial charge is 0.347 e. The van der Waals surface area contributed by atoms with Crippen molar-refractivity contribution >= 4 is 40.3 Å². The van der Waals surface area contributed by atoms with Gasteiger partial charge in [0, 0.05) is 31.2 Å². The third-order valence-corrected chi connectivity index (χ3v) is 11.5. The molecule has 6 aliphatic rings. The van der Waals surface area contributed by atoms with E-state index in [9.17, 15) is 19.2 Å². The molecule has 5 amide bonds. The van der Waals surface area contributed by atoms with Gasteiger partial charge in [-0.15, -0.1) is 0 Å². The van der Waals surface area contributed by atoms with Crippen molar-refractivity contribution in [3.05, 3.63) is 24.4 Å². The van der Waals surface area contributed by atoms with Crippen molar-refractivity contribution < 1.29 is 19.2 Å². The molecule has 2 saturated heterocycles. The standard InChI is InChI=1S/C28H32N6O4/c1-32-24(37)27(34(25(32)38)20-2-3-21-17(9-20)14-30-31-21)4-6-33(7-5-27)22(35)15-29-23(36)26-11-16-8-18-10-19(13-26)28(18,26)12-16/h2-3,9,14,16,18-19H,4-8,10-13,15H2,1H3,(H,29,36)(H,30,31). The molecule has 1 aromatic carbocycles. The molecule has 2 aliphatic heterocycles. The van der Waals surface area contributed by atoms with Crippen molar-refractivity contribution in [2.75, 3.05) is 31.6 Å². The minimum absolute atomic E-state index is 0.00266. The van der Waals surface area contributed by atoms with Crippen molar-refractivity contribution in [1.82, 2.24) is 25.3 Å². The van der Waals surface area contributed by atoms with Gasteiger partial charge in [0.05, 0.1) is 23.7 Å². The molecule has 5 atom stereocenters. The van der Waals surface area contributed by atoms with E-state index < -0.39 is 5.54 Å². The van der Waals surface area contributed by atoms with Crippen LogP contribution in [0.15, 0.2) is 24.4 Å². The zero-order valence-corrected chi connectivity index (χ0v) is 21.5. The third-order valence-electron chi connectivity index (χ3n) is 11.5. The Morgan fingerprint density at radius 1 is 1.11 bits per heavy atom. The molecule has 2 N–H and O–H groups in total. The van der Waals surface area contributed by atoms with Crippen molar-refractivity contribution in [3.63, 3.8) is 0 Å². The van der Waals surface area contributed by atoms with E-state index in [4.69, 9.17) is 0 Å².